The van der Waals surface area contributed by atoms with Crippen molar-refractivity contribution in [2.45, 2.75) is 25.3 Å². The second-order valence-corrected chi connectivity index (χ2v) is 5.74. The van der Waals surface area contributed by atoms with E-state index in [1.807, 2.05) is 6.92 Å². The zero-order chi connectivity index (χ0) is 13.2. The van der Waals surface area contributed by atoms with Crippen LogP contribution in [0.1, 0.15) is 30.1 Å². The third-order valence-corrected chi connectivity index (χ3v) is 3.95. The molecule has 1 aliphatic rings. The van der Waals surface area contributed by atoms with Crippen LogP contribution in [0.5, 0.6) is 0 Å². The summed E-state index contributed by atoms with van der Waals surface area (Å²) < 4.78 is 13.5. The number of nitrogens with one attached hydrogen (secondary N) is 2. The third-order valence-electron chi connectivity index (χ3n) is 3.30. The van der Waals surface area contributed by atoms with Gasteiger partial charge in [-0.25, -0.2) is 4.39 Å². The van der Waals surface area contributed by atoms with Crippen molar-refractivity contribution in [3.05, 3.63) is 34.1 Å². The Bertz CT molecular complexity index is 458. The molecule has 1 aliphatic heterocycles. The molecule has 1 amide bonds. The SMILES string of the molecule is CC1(NC(=O)c2ccc(F)cc2Br)CCNCC1. The second kappa shape index (κ2) is 5.36. The van der Waals surface area contributed by atoms with Gasteiger partial charge in [0.1, 0.15) is 5.82 Å². The molecule has 0 aliphatic carbocycles. The van der Waals surface area contributed by atoms with Gasteiger partial charge in [-0.1, -0.05) is 0 Å². The molecule has 98 valence electrons. The highest BCUT2D eigenvalue weighted by molar-refractivity contribution is 9.10. The molecule has 0 atom stereocenters. The Balaban J connectivity index is 2.11. The molecule has 0 unspecified atom stereocenters. The van der Waals surface area contributed by atoms with E-state index in [4.69, 9.17) is 0 Å². The molecule has 0 radical (unpaired) electrons. The maximum absolute atomic E-state index is 13.0. The summed E-state index contributed by atoms with van der Waals surface area (Å²) in [5.74, 6) is -0.516. The van der Waals surface area contributed by atoms with Crippen molar-refractivity contribution in [1.29, 1.82) is 0 Å². The van der Waals surface area contributed by atoms with Crippen LogP contribution in [0, 0.1) is 5.82 Å². The normalized spacial score (nSPS) is 18.4. The fourth-order valence-corrected chi connectivity index (χ4v) is 2.65. The van der Waals surface area contributed by atoms with Gasteiger partial charge in [-0.3, -0.25) is 4.79 Å². The molecule has 0 spiro atoms. The highest BCUT2D eigenvalue weighted by Gasteiger charge is 2.29. The molecule has 1 aromatic carbocycles. The number of carbonyl (C=O) groups excluding carboxylic acids is 1. The van der Waals surface area contributed by atoms with Gasteiger partial charge < -0.3 is 10.6 Å². The summed E-state index contributed by atoms with van der Waals surface area (Å²) in [6.45, 7) is 3.85. The number of rotatable bonds is 2. The predicted molar refractivity (Wildman–Crippen MR) is 72.1 cm³/mol. The summed E-state index contributed by atoms with van der Waals surface area (Å²) in [7, 11) is 0. The van der Waals surface area contributed by atoms with Crippen LogP contribution in [0.4, 0.5) is 4.39 Å². The van der Waals surface area contributed by atoms with Gasteiger partial charge in [-0.15, -0.1) is 0 Å². The van der Waals surface area contributed by atoms with Crippen molar-refractivity contribution in [1.82, 2.24) is 10.6 Å². The lowest BCUT2D eigenvalue weighted by Gasteiger charge is -2.35. The average molecular weight is 315 g/mol. The van der Waals surface area contributed by atoms with Gasteiger partial charge in [0.25, 0.3) is 5.91 Å². The third kappa shape index (κ3) is 3.09. The Morgan fingerprint density at radius 2 is 2.11 bits per heavy atom. The molecule has 0 aromatic heterocycles. The van der Waals surface area contributed by atoms with E-state index < -0.39 is 0 Å². The van der Waals surface area contributed by atoms with Crippen LogP contribution in [0.25, 0.3) is 0 Å². The number of benzene rings is 1. The predicted octanol–water partition coefficient (Wildman–Crippen LogP) is 2.46. The lowest BCUT2D eigenvalue weighted by atomic mass is 9.90. The van der Waals surface area contributed by atoms with Crippen LogP contribution in [0.3, 0.4) is 0 Å². The van der Waals surface area contributed by atoms with E-state index in [1.54, 1.807) is 0 Å². The molecule has 1 saturated heterocycles. The van der Waals surface area contributed by atoms with Crippen LogP contribution in [-0.2, 0) is 0 Å². The van der Waals surface area contributed by atoms with Crippen molar-refractivity contribution in [3.8, 4) is 0 Å². The number of amides is 1. The number of carbonyl (C=O) groups is 1. The highest BCUT2D eigenvalue weighted by atomic mass is 79.9. The minimum atomic E-state index is -0.355. The second-order valence-electron chi connectivity index (χ2n) is 4.89. The first-order chi connectivity index (χ1) is 8.50. The molecule has 2 rings (SSSR count). The van der Waals surface area contributed by atoms with Crippen LogP contribution in [0.15, 0.2) is 22.7 Å². The summed E-state index contributed by atoms with van der Waals surface area (Å²) in [4.78, 5) is 12.2. The summed E-state index contributed by atoms with van der Waals surface area (Å²) in [5, 5.41) is 6.30. The average Bonchev–Trinajstić information content (AvgIpc) is 2.28. The van der Waals surface area contributed by atoms with Gasteiger partial charge in [-0.2, -0.15) is 0 Å². The van der Waals surface area contributed by atoms with Crippen molar-refractivity contribution in [2.75, 3.05) is 13.1 Å². The van der Waals surface area contributed by atoms with Gasteiger partial charge in [-0.05, 0) is 67.0 Å². The maximum Gasteiger partial charge on any atom is 0.252 e. The van der Waals surface area contributed by atoms with E-state index in [2.05, 4.69) is 26.6 Å². The van der Waals surface area contributed by atoms with E-state index in [9.17, 15) is 9.18 Å². The number of hydrogen-bond acceptors (Lipinski definition) is 2. The van der Waals surface area contributed by atoms with Gasteiger partial charge in [0.2, 0.25) is 0 Å². The largest absolute Gasteiger partial charge is 0.347 e. The van der Waals surface area contributed by atoms with Crippen molar-refractivity contribution in [2.24, 2.45) is 0 Å². The molecular formula is C13H16BrFN2O. The van der Waals surface area contributed by atoms with E-state index in [0.29, 0.717) is 10.0 Å². The summed E-state index contributed by atoms with van der Waals surface area (Å²) in [6, 6.07) is 4.10. The Morgan fingerprint density at radius 1 is 1.44 bits per heavy atom. The molecule has 18 heavy (non-hydrogen) atoms. The Hall–Kier alpha value is -0.940. The minimum Gasteiger partial charge on any atom is -0.347 e. The standard InChI is InChI=1S/C13H16BrFN2O/c1-13(4-6-16-7-5-13)17-12(18)10-3-2-9(15)8-11(10)14/h2-3,8,16H,4-7H2,1H3,(H,17,18). The summed E-state index contributed by atoms with van der Waals surface area (Å²) in [6.07, 6.45) is 1.80. The molecule has 0 bridgehead atoms. The zero-order valence-electron chi connectivity index (χ0n) is 10.2. The number of halogens is 2. The Morgan fingerprint density at radius 3 is 2.72 bits per heavy atom. The Labute approximate surface area is 114 Å². The lowest BCUT2D eigenvalue weighted by Crippen LogP contribution is -2.52. The lowest BCUT2D eigenvalue weighted by molar-refractivity contribution is 0.0886. The van der Waals surface area contributed by atoms with Gasteiger partial charge >= 0.3 is 0 Å². The van der Waals surface area contributed by atoms with Gasteiger partial charge in [0, 0.05) is 10.0 Å². The summed E-state index contributed by atoms with van der Waals surface area (Å²) >= 11 is 3.22. The molecule has 3 nitrogen and oxygen atoms in total. The highest BCUT2D eigenvalue weighted by Crippen LogP contribution is 2.21. The fraction of sp³-hybridized carbons (Fsp3) is 0.462. The van der Waals surface area contributed by atoms with E-state index in [0.717, 1.165) is 25.9 Å². The van der Waals surface area contributed by atoms with Gasteiger partial charge in [0.15, 0.2) is 0 Å². The maximum atomic E-state index is 13.0. The van der Waals surface area contributed by atoms with Crippen molar-refractivity contribution >= 4 is 21.8 Å². The number of piperidine rings is 1. The van der Waals surface area contributed by atoms with E-state index in [1.165, 1.54) is 18.2 Å². The molecule has 5 heteroatoms. The molecule has 1 fully saturated rings. The van der Waals surface area contributed by atoms with E-state index >= 15 is 0 Å². The molecular weight excluding hydrogens is 299 g/mol. The monoisotopic (exact) mass is 314 g/mol. The van der Waals surface area contributed by atoms with Crippen LogP contribution < -0.4 is 10.6 Å². The first-order valence-corrected chi connectivity index (χ1v) is 6.78. The number of hydrogen-bond donors (Lipinski definition) is 2. The molecule has 1 heterocycles. The summed E-state index contributed by atoms with van der Waals surface area (Å²) in [5.41, 5.74) is 0.284. The Kier molecular flexibility index (Phi) is 4.02. The molecule has 1 aromatic rings. The first kappa shape index (κ1) is 13.5. The smallest absolute Gasteiger partial charge is 0.252 e. The quantitative estimate of drug-likeness (QED) is 0.880. The van der Waals surface area contributed by atoms with Crippen LogP contribution in [-0.4, -0.2) is 24.5 Å². The fourth-order valence-electron chi connectivity index (χ4n) is 2.12. The van der Waals surface area contributed by atoms with Crippen molar-refractivity contribution in [3.63, 3.8) is 0 Å². The zero-order valence-corrected chi connectivity index (χ0v) is 11.8. The van der Waals surface area contributed by atoms with Crippen molar-refractivity contribution < 1.29 is 9.18 Å². The molecule has 0 saturated carbocycles. The van der Waals surface area contributed by atoms with Gasteiger partial charge in [0.05, 0.1) is 5.56 Å². The van der Waals surface area contributed by atoms with E-state index in [-0.39, 0.29) is 17.3 Å². The van der Waals surface area contributed by atoms with Crippen LogP contribution >= 0.6 is 15.9 Å². The van der Waals surface area contributed by atoms with Crippen LogP contribution in [0.2, 0.25) is 0 Å². The topological polar surface area (TPSA) is 41.1 Å². The molecule has 2 N–H and O–H groups in total. The first-order valence-electron chi connectivity index (χ1n) is 5.98. The minimum absolute atomic E-state index is 0.161.